The van der Waals surface area contributed by atoms with Crippen molar-refractivity contribution < 1.29 is 28.6 Å². The van der Waals surface area contributed by atoms with Crippen LogP contribution in [-0.2, 0) is 14.3 Å². The minimum Gasteiger partial charge on any atom is -0.493 e. The van der Waals surface area contributed by atoms with Crippen LogP contribution >= 0.6 is 11.8 Å². The molecular weight excluding hydrogens is 370 g/mol. The Morgan fingerprint density at radius 3 is 2.52 bits per heavy atom. The highest BCUT2D eigenvalue weighted by Crippen LogP contribution is 2.35. The van der Waals surface area contributed by atoms with Crippen LogP contribution in [0.25, 0.3) is 6.08 Å². The number of rotatable bonds is 7. The summed E-state index contributed by atoms with van der Waals surface area (Å²) in [6, 6.07) is 4.29. The van der Waals surface area contributed by atoms with Gasteiger partial charge in [-0.2, -0.15) is 0 Å². The smallest absolute Gasteiger partial charge is 0.328 e. The van der Waals surface area contributed by atoms with Gasteiger partial charge in [0.1, 0.15) is 6.04 Å². The third kappa shape index (κ3) is 4.63. The minimum absolute atomic E-state index is 0.0426. The molecular formula is C19H23NO6S. The molecule has 2 rings (SSSR count). The molecule has 1 aromatic carbocycles. The Kier molecular flexibility index (Phi) is 6.90. The van der Waals surface area contributed by atoms with E-state index < -0.39 is 23.2 Å². The molecule has 1 aliphatic rings. The summed E-state index contributed by atoms with van der Waals surface area (Å²) in [6.45, 7) is 5.44. The number of esters is 1. The maximum atomic E-state index is 12.5. The van der Waals surface area contributed by atoms with Gasteiger partial charge in [-0.05, 0) is 55.8 Å². The zero-order chi connectivity index (χ0) is 20.1. The van der Waals surface area contributed by atoms with Crippen molar-refractivity contribution in [2.45, 2.75) is 39.3 Å². The van der Waals surface area contributed by atoms with Crippen molar-refractivity contribution in [3.8, 4) is 11.5 Å². The molecule has 0 aromatic heterocycles. The summed E-state index contributed by atoms with van der Waals surface area (Å²) in [4.78, 5) is 37.5. The monoisotopic (exact) mass is 393 g/mol. The van der Waals surface area contributed by atoms with Gasteiger partial charge in [-0.1, -0.05) is 13.0 Å². The van der Waals surface area contributed by atoms with Crippen molar-refractivity contribution >= 4 is 35.0 Å². The van der Waals surface area contributed by atoms with Crippen molar-refractivity contribution in [1.29, 1.82) is 0 Å². The largest absolute Gasteiger partial charge is 0.493 e. The van der Waals surface area contributed by atoms with Gasteiger partial charge in [0.2, 0.25) is 0 Å². The van der Waals surface area contributed by atoms with Gasteiger partial charge in [0.15, 0.2) is 11.5 Å². The number of amides is 2. The fraction of sp³-hybridized carbons (Fsp3) is 0.421. The highest BCUT2D eigenvalue weighted by atomic mass is 32.2. The number of nitrogens with zero attached hydrogens (tertiary/aromatic N) is 1. The lowest BCUT2D eigenvalue weighted by Gasteiger charge is -2.18. The second kappa shape index (κ2) is 8.94. The quantitative estimate of drug-likeness (QED) is 0.518. The van der Waals surface area contributed by atoms with Gasteiger partial charge in [-0.15, -0.1) is 0 Å². The van der Waals surface area contributed by atoms with Gasteiger partial charge in [0, 0.05) is 0 Å². The molecule has 0 unspecified atom stereocenters. The van der Waals surface area contributed by atoms with Crippen LogP contribution in [0.1, 0.15) is 32.8 Å². The Bertz CT molecular complexity index is 775. The van der Waals surface area contributed by atoms with Crippen LogP contribution in [0.2, 0.25) is 0 Å². The van der Waals surface area contributed by atoms with Crippen molar-refractivity contribution in [3.63, 3.8) is 0 Å². The summed E-state index contributed by atoms with van der Waals surface area (Å²) in [5.41, 5.74) is 0.680. The van der Waals surface area contributed by atoms with E-state index in [1.807, 2.05) is 13.8 Å². The second-order valence-electron chi connectivity index (χ2n) is 6.00. The molecule has 0 radical (unpaired) electrons. The lowest BCUT2D eigenvalue weighted by molar-refractivity contribution is -0.148. The Labute approximate surface area is 162 Å². The number of thioether (sulfide) groups is 1. The summed E-state index contributed by atoms with van der Waals surface area (Å²) in [5, 5.41) is -0.507. The molecule has 146 valence electrons. The molecule has 1 heterocycles. The van der Waals surface area contributed by atoms with Crippen LogP contribution in [0.4, 0.5) is 4.79 Å². The molecule has 1 aromatic rings. The molecule has 0 bridgehead atoms. The van der Waals surface area contributed by atoms with Crippen molar-refractivity contribution in [1.82, 2.24) is 4.90 Å². The Morgan fingerprint density at radius 2 is 1.93 bits per heavy atom. The van der Waals surface area contributed by atoms with Gasteiger partial charge < -0.3 is 14.2 Å². The van der Waals surface area contributed by atoms with Crippen molar-refractivity contribution in [3.05, 3.63) is 28.7 Å². The SMILES string of the molecule is CC[C@@H](C)Oc1ccc(/C=C2/SC(=O)N([C@H](C)C(=O)OC)C2=O)cc1OC. The number of ether oxygens (including phenoxy) is 3. The number of imide groups is 1. The van der Waals surface area contributed by atoms with E-state index in [-0.39, 0.29) is 11.0 Å². The zero-order valence-corrected chi connectivity index (χ0v) is 16.8. The third-order valence-corrected chi connectivity index (χ3v) is 5.03. The highest BCUT2D eigenvalue weighted by Gasteiger charge is 2.41. The van der Waals surface area contributed by atoms with Gasteiger partial charge in [-0.25, -0.2) is 4.79 Å². The standard InChI is InChI=1S/C19H23NO6S/c1-6-11(2)26-14-8-7-13(9-15(14)24-4)10-16-17(21)20(19(23)27-16)12(3)18(22)25-5/h7-12H,6H2,1-5H3/b16-10+/t11-,12-/m1/s1. The van der Waals surface area contributed by atoms with Crippen molar-refractivity contribution in [2.24, 2.45) is 0 Å². The summed E-state index contributed by atoms with van der Waals surface area (Å²) in [6.07, 6.45) is 2.49. The van der Waals surface area contributed by atoms with Crippen LogP contribution in [0.5, 0.6) is 11.5 Å². The van der Waals surface area contributed by atoms with Gasteiger partial charge in [0.25, 0.3) is 11.1 Å². The van der Waals surface area contributed by atoms with Gasteiger partial charge in [-0.3, -0.25) is 14.5 Å². The Hall–Kier alpha value is -2.48. The molecule has 2 amide bonds. The highest BCUT2D eigenvalue weighted by molar-refractivity contribution is 8.18. The van der Waals surface area contributed by atoms with E-state index in [1.165, 1.54) is 21.1 Å². The van der Waals surface area contributed by atoms with E-state index in [4.69, 9.17) is 9.47 Å². The van der Waals surface area contributed by atoms with E-state index >= 15 is 0 Å². The summed E-state index contributed by atoms with van der Waals surface area (Å²) >= 11 is 0.783. The van der Waals surface area contributed by atoms with E-state index in [2.05, 4.69) is 4.74 Å². The molecule has 8 heteroatoms. The lowest BCUT2D eigenvalue weighted by atomic mass is 10.1. The average Bonchev–Trinajstić information content (AvgIpc) is 2.94. The third-order valence-electron chi connectivity index (χ3n) is 4.14. The summed E-state index contributed by atoms with van der Waals surface area (Å²) in [7, 11) is 2.75. The van der Waals surface area contributed by atoms with Crippen LogP contribution in [-0.4, -0.2) is 48.4 Å². The van der Waals surface area contributed by atoms with Crippen LogP contribution in [0.15, 0.2) is 23.1 Å². The second-order valence-corrected chi connectivity index (χ2v) is 6.99. The Morgan fingerprint density at radius 1 is 1.22 bits per heavy atom. The fourth-order valence-electron chi connectivity index (χ4n) is 2.41. The van der Waals surface area contributed by atoms with Crippen LogP contribution in [0.3, 0.4) is 0 Å². The molecule has 1 fully saturated rings. The molecule has 1 aliphatic heterocycles. The number of hydrogen-bond donors (Lipinski definition) is 0. The average molecular weight is 393 g/mol. The maximum Gasteiger partial charge on any atom is 0.328 e. The first-order valence-corrected chi connectivity index (χ1v) is 9.33. The lowest BCUT2D eigenvalue weighted by Crippen LogP contribution is -2.42. The topological polar surface area (TPSA) is 82.1 Å². The zero-order valence-electron chi connectivity index (χ0n) is 16.0. The first-order chi connectivity index (χ1) is 12.8. The molecule has 0 aliphatic carbocycles. The van der Waals surface area contributed by atoms with E-state index in [0.29, 0.717) is 17.1 Å². The normalized spacial score (nSPS) is 17.8. The molecule has 0 N–H and O–H groups in total. The number of hydrogen-bond acceptors (Lipinski definition) is 7. The number of methoxy groups -OCH3 is 2. The molecule has 2 atom stereocenters. The van der Waals surface area contributed by atoms with E-state index in [1.54, 1.807) is 24.3 Å². The Balaban J connectivity index is 2.27. The number of benzene rings is 1. The van der Waals surface area contributed by atoms with Crippen LogP contribution in [0, 0.1) is 0 Å². The predicted octanol–water partition coefficient (Wildman–Crippen LogP) is 3.47. The van der Waals surface area contributed by atoms with E-state index in [9.17, 15) is 14.4 Å². The number of carbonyl (C=O) groups excluding carboxylic acids is 3. The van der Waals surface area contributed by atoms with E-state index in [0.717, 1.165) is 23.1 Å². The molecule has 0 spiro atoms. The van der Waals surface area contributed by atoms with Crippen molar-refractivity contribution in [2.75, 3.05) is 14.2 Å². The van der Waals surface area contributed by atoms with Gasteiger partial charge in [0.05, 0.1) is 25.2 Å². The molecule has 1 saturated heterocycles. The fourth-order valence-corrected chi connectivity index (χ4v) is 3.32. The van der Waals surface area contributed by atoms with Gasteiger partial charge >= 0.3 is 5.97 Å². The van der Waals surface area contributed by atoms with Crippen LogP contribution < -0.4 is 9.47 Å². The summed E-state index contributed by atoms with van der Waals surface area (Å²) in [5.74, 6) is -0.0313. The molecule has 0 saturated carbocycles. The molecule has 27 heavy (non-hydrogen) atoms. The maximum absolute atomic E-state index is 12.5. The first-order valence-electron chi connectivity index (χ1n) is 8.51. The predicted molar refractivity (Wildman–Crippen MR) is 103 cm³/mol. The first kappa shape index (κ1) is 20.8. The number of carbonyl (C=O) groups is 3. The molecule has 7 nitrogen and oxygen atoms in total. The minimum atomic E-state index is -0.978. The summed E-state index contributed by atoms with van der Waals surface area (Å²) < 4.78 is 15.8.